The minimum Gasteiger partial charge on any atom is -0.497 e. The Hall–Kier alpha value is -3.30. The molecule has 3 rings (SSSR count). The molecule has 1 heterocycles. The summed E-state index contributed by atoms with van der Waals surface area (Å²) < 4.78 is 16.3. The molecule has 0 amide bonds. The zero-order valence-corrected chi connectivity index (χ0v) is 19.3. The van der Waals surface area contributed by atoms with Gasteiger partial charge in [-0.2, -0.15) is 0 Å². The minimum atomic E-state index is -1.82. The maximum absolute atomic E-state index is 9.10. The maximum atomic E-state index is 9.10. The van der Waals surface area contributed by atoms with Crippen LogP contribution in [0.4, 0.5) is 0 Å². The van der Waals surface area contributed by atoms with Gasteiger partial charge in [-0.1, -0.05) is 18.2 Å². The summed E-state index contributed by atoms with van der Waals surface area (Å²) in [5.41, 5.74) is 2.54. The molecule has 0 spiro atoms. The predicted octanol–water partition coefficient (Wildman–Crippen LogP) is 2.58. The summed E-state index contributed by atoms with van der Waals surface area (Å²) in [6.07, 6.45) is 0. The molecule has 1 aliphatic heterocycles. The number of carboxylic acid groups (broad SMARTS) is 2. The molecule has 1 saturated heterocycles. The van der Waals surface area contributed by atoms with Gasteiger partial charge in [0.15, 0.2) is 0 Å². The van der Waals surface area contributed by atoms with E-state index < -0.39 is 11.9 Å². The molecule has 2 N–H and O–H groups in total. The highest BCUT2D eigenvalue weighted by Crippen LogP contribution is 2.26. The normalized spacial score (nSPS) is 14.0. The molecule has 33 heavy (non-hydrogen) atoms. The van der Waals surface area contributed by atoms with Crippen molar-refractivity contribution in [2.75, 3.05) is 47.0 Å². The molecule has 9 nitrogen and oxygen atoms in total. The zero-order chi connectivity index (χ0) is 24.2. The molecular formula is C24H32N2O7. The van der Waals surface area contributed by atoms with Crippen LogP contribution in [0.15, 0.2) is 42.5 Å². The van der Waals surface area contributed by atoms with Crippen molar-refractivity contribution in [2.45, 2.75) is 20.0 Å². The van der Waals surface area contributed by atoms with Crippen LogP contribution in [0, 0.1) is 0 Å². The fourth-order valence-corrected chi connectivity index (χ4v) is 3.44. The summed E-state index contributed by atoms with van der Waals surface area (Å²) in [6, 6.07) is 14.5. The van der Waals surface area contributed by atoms with E-state index in [9.17, 15) is 0 Å². The summed E-state index contributed by atoms with van der Waals surface area (Å²) in [5, 5.41) is 14.8. The highest BCUT2D eigenvalue weighted by Gasteiger charge is 2.18. The summed E-state index contributed by atoms with van der Waals surface area (Å²) in [6.45, 7) is 8.89. The lowest BCUT2D eigenvalue weighted by Gasteiger charge is -2.35. The number of carboxylic acids is 2. The van der Waals surface area contributed by atoms with Gasteiger partial charge in [-0.25, -0.2) is 9.59 Å². The van der Waals surface area contributed by atoms with Crippen LogP contribution in [0.1, 0.15) is 18.1 Å². The third-order valence-electron chi connectivity index (χ3n) is 5.18. The fraction of sp³-hybridized carbons (Fsp3) is 0.417. The summed E-state index contributed by atoms with van der Waals surface area (Å²) in [4.78, 5) is 23.2. The van der Waals surface area contributed by atoms with E-state index in [0.29, 0.717) is 6.61 Å². The predicted molar refractivity (Wildman–Crippen MR) is 123 cm³/mol. The molecule has 1 aliphatic rings. The van der Waals surface area contributed by atoms with Crippen molar-refractivity contribution in [3.63, 3.8) is 0 Å². The van der Waals surface area contributed by atoms with E-state index in [0.717, 1.165) is 56.5 Å². The van der Waals surface area contributed by atoms with Gasteiger partial charge < -0.3 is 24.4 Å². The van der Waals surface area contributed by atoms with Crippen molar-refractivity contribution in [3.8, 4) is 17.2 Å². The minimum absolute atomic E-state index is 0.709. The van der Waals surface area contributed by atoms with E-state index in [4.69, 9.17) is 34.0 Å². The number of hydrogen-bond donors (Lipinski definition) is 2. The number of nitrogens with zero attached hydrogens (tertiary/aromatic N) is 2. The molecule has 0 unspecified atom stereocenters. The Balaban J connectivity index is 0.000000569. The SMILES string of the molecule is CCOc1ccc(CN2CCN(Cc3ccc(OC)cc3OC)CC2)cc1.O=C(O)C(=O)O. The first-order valence-electron chi connectivity index (χ1n) is 10.7. The second-order valence-corrected chi connectivity index (χ2v) is 7.42. The van der Waals surface area contributed by atoms with Gasteiger partial charge in [-0.3, -0.25) is 9.80 Å². The Morgan fingerprint density at radius 3 is 1.85 bits per heavy atom. The van der Waals surface area contributed by atoms with Crippen LogP contribution >= 0.6 is 0 Å². The fourth-order valence-electron chi connectivity index (χ4n) is 3.44. The lowest BCUT2D eigenvalue weighted by Crippen LogP contribution is -2.45. The number of rotatable bonds is 8. The first kappa shape index (κ1) is 26.0. The van der Waals surface area contributed by atoms with Gasteiger partial charge in [-0.15, -0.1) is 0 Å². The first-order chi connectivity index (χ1) is 15.9. The molecule has 2 aromatic carbocycles. The van der Waals surface area contributed by atoms with Crippen molar-refractivity contribution >= 4 is 11.9 Å². The van der Waals surface area contributed by atoms with Crippen LogP contribution in [0.5, 0.6) is 17.2 Å². The van der Waals surface area contributed by atoms with E-state index >= 15 is 0 Å². The lowest BCUT2D eigenvalue weighted by molar-refractivity contribution is -0.159. The van der Waals surface area contributed by atoms with Crippen LogP contribution < -0.4 is 14.2 Å². The third-order valence-corrected chi connectivity index (χ3v) is 5.18. The first-order valence-corrected chi connectivity index (χ1v) is 10.7. The van der Waals surface area contributed by atoms with E-state index in [1.165, 1.54) is 11.1 Å². The number of piperazine rings is 1. The van der Waals surface area contributed by atoms with Gasteiger partial charge in [0.2, 0.25) is 0 Å². The number of benzene rings is 2. The average molecular weight is 461 g/mol. The Morgan fingerprint density at radius 1 is 0.818 bits per heavy atom. The van der Waals surface area contributed by atoms with Gasteiger partial charge >= 0.3 is 11.9 Å². The van der Waals surface area contributed by atoms with E-state index in [1.54, 1.807) is 14.2 Å². The molecule has 0 aromatic heterocycles. The molecule has 1 fully saturated rings. The number of aliphatic carboxylic acids is 2. The number of hydrogen-bond acceptors (Lipinski definition) is 7. The van der Waals surface area contributed by atoms with E-state index in [1.807, 2.05) is 19.1 Å². The largest absolute Gasteiger partial charge is 0.497 e. The smallest absolute Gasteiger partial charge is 0.414 e. The van der Waals surface area contributed by atoms with Crippen LogP contribution in [-0.2, 0) is 22.7 Å². The van der Waals surface area contributed by atoms with Gasteiger partial charge in [0.1, 0.15) is 17.2 Å². The number of methoxy groups -OCH3 is 2. The Morgan fingerprint density at radius 2 is 1.36 bits per heavy atom. The Kier molecular flexibility index (Phi) is 10.5. The highest BCUT2D eigenvalue weighted by molar-refractivity contribution is 6.27. The third kappa shape index (κ3) is 8.63. The van der Waals surface area contributed by atoms with Crippen LogP contribution in [0.25, 0.3) is 0 Å². The van der Waals surface area contributed by atoms with Crippen LogP contribution in [-0.4, -0.2) is 79.0 Å². The van der Waals surface area contributed by atoms with Crippen LogP contribution in [0.2, 0.25) is 0 Å². The summed E-state index contributed by atoms with van der Waals surface area (Å²) in [7, 11) is 3.39. The van der Waals surface area contributed by atoms with Crippen molar-refractivity contribution in [1.82, 2.24) is 9.80 Å². The summed E-state index contributed by atoms with van der Waals surface area (Å²) in [5.74, 6) is -0.980. The van der Waals surface area contributed by atoms with Gasteiger partial charge in [0.05, 0.1) is 20.8 Å². The molecule has 2 aromatic rings. The topological polar surface area (TPSA) is 109 Å². The summed E-state index contributed by atoms with van der Waals surface area (Å²) >= 11 is 0. The molecule has 0 radical (unpaired) electrons. The van der Waals surface area contributed by atoms with Gasteiger partial charge in [-0.05, 0) is 30.7 Å². The van der Waals surface area contributed by atoms with Gasteiger partial charge in [0, 0.05) is 50.9 Å². The van der Waals surface area contributed by atoms with E-state index in [-0.39, 0.29) is 0 Å². The number of carbonyl (C=O) groups is 2. The van der Waals surface area contributed by atoms with Crippen LogP contribution in [0.3, 0.4) is 0 Å². The average Bonchev–Trinajstić information content (AvgIpc) is 2.82. The monoisotopic (exact) mass is 460 g/mol. The molecular weight excluding hydrogens is 428 g/mol. The zero-order valence-electron chi connectivity index (χ0n) is 19.3. The molecule has 180 valence electrons. The second-order valence-electron chi connectivity index (χ2n) is 7.42. The molecule has 0 saturated carbocycles. The molecule has 9 heteroatoms. The standard InChI is InChI=1S/C22H30N2O3.C2H2O4/c1-4-27-20-8-5-18(6-9-20)16-23-11-13-24(14-12-23)17-19-7-10-21(25-2)15-22(19)26-3;3-1(4)2(5)6/h5-10,15H,4,11-14,16-17H2,1-3H3;(H,3,4)(H,5,6). The Bertz CT molecular complexity index is 882. The molecule has 0 atom stereocenters. The van der Waals surface area contributed by atoms with Crippen molar-refractivity contribution in [2.24, 2.45) is 0 Å². The second kappa shape index (κ2) is 13.3. The Labute approximate surface area is 194 Å². The quantitative estimate of drug-likeness (QED) is 0.575. The van der Waals surface area contributed by atoms with Crippen molar-refractivity contribution in [1.29, 1.82) is 0 Å². The maximum Gasteiger partial charge on any atom is 0.414 e. The molecule has 0 aliphatic carbocycles. The van der Waals surface area contributed by atoms with E-state index in [2.05, 4.69) is 40.1 Å². The van der Waals surface area contributed by atoms with Crippen molar-refractivity contribution in [3.05, 3.63) is 53.6 Å². The van der Waals surface area contributed by atoms with Crippen molar-refractivity contribution < 1.29 is 34.0 Å². The lowest BCUT2D eigenvalue weighted by atomic mass is 10.1. The van der Waals surface area contributed by atoms with Gasteiger partial charge in [0.25, 0.3) is 0 Å². The number of ether oxygens (including phenoxy) is 3. The highest BCUT2D eigenvalue weighted by atomic mass is 16.5. The molecule has 0 bridgehead atoms.